The summed E-state index contributed by atoms with van der Waals surface area (Å²) in [6.45, 7) is 11.6. The largest absolute Gasteiger partial charge is 0.482 e. The highest BCUT2D eigenvalue weighted by atomic mass is 32.1. The number of halogens is 1. The SMILES string of the molecule is Cc1nc(CN2CCN(CC3CCN(c4ccc(C(=O)NC5CCC(=O)NC5=O)cc4)CC3)CC2)sc1-c1cnc(N)c(O[C@H](C)c2cc(F)ccc2-n2nccn2)c1. The van der Waals surface area contributed by atoms with Crippen LogP contribution in [-0.4, -0.2) is 104 Å². The van der Waals surface area contributed by atoms with Crippen molar-refractivity contribution in [3.05, 3.63) is 94.8 Å². The Morgan fingerprint density at radius 3 is 2.46 bits per heavy atom. The van der Waals surface area contributed by atoms with E-state index in [0.717, 1.165) is 92.0 Å². The highest BCUT2D eigenvalue weighted by Gasteiger charge is 2.29. The van der Waals surface area contributed by atoms with Gasteiger partial charge in [-0.1, -0.05) is 0 Å². The Morgan fingerprint density at radius 2 is 1.73 bits per heavy atom. The van der Waals surface area contributed by atoms with Gasteiger partial charge in [0, 0.05) is 80.8 Å². The van der Waals surface area contributed by atoms with E-state index in [-0.39, 0.29) is 29.9 Å². The quantitative estimate of drug-likeness (QED) is 0.150. The Balaban J connectivity index is 0.798. The number of aromatic nitrogens is 5. The number of thiazole rings is 1. The number of piperidine rings is 2. The number of rotatable bonds is 12. The number of nitrogens with two attached hydrogens (primary N) is 1. The third-order valence-electron chi connectivity index (χ3n) is 11.3. The summed E-state index contributed by atoms with van der Waals surface area (Å²) < 4.78 is 20.6. The summed E-state index contributed by atoms with van der Waals surface area (Å²) in [5, 5.41) is 14.5. The summed E-state index contributed by atoms with van der Waals surface area (Å²) in [5.41, 5.74) is 10.8. The van der Waals surface area contributed by atoms with Gasteiger partial charge < -0.3 is 25.6 Å². The summed E-state index contributed by atoms with van der Waals surface area (Å²) in [6, 6.07) is 13.1. The lowest BCUT2D eigenvalue weighted by molar-refractivity contribution is -0.134. The summed E-state index contributed by atoms with van der Waals surface area (Å²) in [6.07, 6.45) is 7.05. The molecule has 3 amide bonds. The molecule has 1 unspecified atom stereocenters. The van der Waals surface area contributed by atoms with Crippen LogP contribution in [0.15, 0.2) is 67.1 Å². The van der Waals surface area contributed by atoms with Gasteiger partial charge in [0.15, 0.2) is 11.6 Å². The summed E-state index contributed by atoms with van der Waals surface area (Å²) in [5.74, 6) is -0.191. The van der Waals surface area contributed by atoms with Crippen LogP contribution in [0.1, 0.15) is 65.3 Å². The van der Waals surface area contributed by atoms with Crippen LogP contribution in [0.3, 0.4) is 0 Å². The van der Waals surface area contributed by atoms with E-state index in [1.165, 1.54) is 16.9 Å². The average Bonchev–Trinajstić information content (AvgIpc) is 3.91. The van der Waals surface area contributed by atoms with Crippen molar-refractivity contribution in [2.75, 3.05) is 56.4 Å². The molecule has 6 heterocycles. The number of carbonyl (C=O) groups excluding carboxylic acids is 3. The number of nitrogens with zero attached hydrogens (tertiary/aromatic N) is 8. The first kappa shape index (κ1) is 40.0. The second-order valence-corrected chi connectivity index (χ2v) is 16.5. The van der Waals surface area contributed by atoms with Gasteiger partial charge in [0.25, 0.3) is 5.91 Å². The molecule has 8 rings (SSSR count). The predicted octanol–water partition coefficient (Wildman–Crippen LogP) is 4.52. The molecule has 3 saturated heterocycles. The topological polar surface area (TPSA) is 177 Å². The normalized spacial score (nSPS) is 18.8. The molecule has 2 aromatic carbocycles. The van der Waals surface area contributed by atoms with E-state index in [1.54, 1.807) is 48.1 Å². The number of hydrogen-bond donors (Lipinski definition) is 3. The first-order chi connectivity index (χ1) is 28.6. The van der Waals surface area contributed by atoms with E-state index < -0.39 is 18.1 Å². The fourth-order valence-electron chi connectivity index (χ4n) is 8.05. The number of anilines is 2. The standard InChI is InChI=1S/C42H48FN11O4S/c1-26-39(30-21-36(40(44)45-23-30)58-27(2)33-22-31(43)5-9-35(33)54-46-13-14-47-54)59-38(48-26)25-52-19-17-51(18-20-52)24-28-11-15-53(16-12-28)32-6-3-29(4-7-32)41(56)49-34-8-10-37(55)50-42(34)57/h3-7,9,13-14,21-23,27-28,34H,8,10-12,15-20,24-25H2,1-2H3,(H2,44,45)(H,49,56)(H,50,55,57)/t27-,34?/m1/s1. The number of hydrogen-bond acceptors (Lipinski definition) is 13. The van der Waals surface area contributed by atoms with E-state index in [2.05, 4.69) is 40.5 Å². The van der Waals surface area contributed by atoms with Crippen molar-refractivity contribution in [2.24, 2.45) is 5.92 Å². The lowest BCUT2D eigenvalue weighted by Crippen LogP contribution is -2.52. The lowest BCUT2D eigenvalue weighted by atomic mass is 9.95. The number of aryl methyl sites for hydroxylation is 1. The molecule has 3 aromatic heterocycles. The van der Waals surface area contributed by atoms with Crippen molar-refractivity contribution in [1.82, 2.24) is 45.4 Å². The minimum absolute atomic E-state index is 0.220. The Hall–Kier alpha value is -5.78. The minimum Gasteiger partial charge on any atom is -0.482 e. The monoisotopic (exact) mass is 821 g/mol. The van der Waals surface area contributed by atoms with E-state index >= 15 is 0 Å². The highest BCUT2D eigenvalue weighted by Crippen LogP contribution is 2.36. The first-order valence-electron chi connectivity index (χ1n) is 20.1. The number of carbonyl (C=O) groups is 3. The number of imide groups is 1. The fraction of sp³-hybridized carbons (Fsp3) is 0.405. The van der Waals surface area contributed by atoms with Gasteiger partial charge >= 0.3 is 0 Å². The summed E-state index contributed by atoms with van der Waals surface area (Å²) in [7, 11) is 0. The van der Waals surface area contributed by atoms with Crippen LogP contribution < -0.4 is 26.0 Å². The number of amides is 3. The van der Waals surface area contributed by atoms with Gasteiger partial charge in [-0.05, 0) is 87.6 Å². The second kappa shape index (κ2) is 17.6. The number of benzene rings is 2. The molecule has 3 aliphatic heterocycles. The van der Waals surface area contributed by atoms with Crippen molar-refractivity contribution in [3.8, 4) is 21.9 Å². The Bertz CT molecular complexity index is 2290. The molecule has 0 bridgehead atoms. The number of ether oxygens (including phenoxy) is 1. The van der Waals surface area contributed by atoms with Gasteiger partial charge in [-0.25, -0.2) is 14.4 Å². The lowest BCUT2D eigenvalue weighted by Gasteiger charge is -2.39. The van der Waals surface area contributed by atoms with Gasteiger partial charge in [-0.15, -0.1) is 11.3 Å². The van der Waals surface area contributed by atoms with Crippen LogP contribution in [0.4, 0.5) is 15.9 Å². The molecule has 0 saturated carbocycles. The number of piperazine rings is 1. The van der Waals surface area contributed by atoms with Crippen molar-refractivity contribution in [2.45, 2.75) is 58.2 Å². The maximum Gasteiger partial charge on any atom is 0.251 e. The number of nitrogens with one attached hydrogen (secondary N) is 2. The molecular formula is C42H48FN11O4S. The third-order valence-corrected chi connectivity index (χ3v) is 12.5. The zero-order valence-electron chi connectivity index (χ0n) is 33.1. The van der Waals surface area contributed by atoms with Crippen molar-refractivity contribution < 1.29 is 23.5 Å². The van der Waals surface area contributed by atoms with Crippen molar-refractivity contribution in [1.29, 1.82) is 0 Å². The van der Waals surface area contributed by atoms with Gasteiger partial charge in [-0.2, -0.15) is 15.0 Å². The smallest absolute Gasteiger partial charge is 0.251 e. The van der Waals surface area contributed by atoms with Crippen molar-refractivity contribution in [3.63, 3.8) is 0 Å². The molecule has 308 valence electrons. The average molecular weight is 822 g/mol. The summed E-state index contributed by atoms with van der Waals surface area (Å²) >= 11 is 1.65. The van der Waals surface area contributed by atoms with E-state index in [0.29, 0.717) is 34.9 Å². The van der Waals surface area contributed by atoms with Crippen LogP contribution in [-0.2, 0) is 16.1 Å². The zero-order valence-corrected chi connectivity index (χ0v) is 34.0. The second-order valence-electron chi connectivity index (χ2n) is 15.4. The first-order valence-corrected chi connectivity index (χ1v) is 20.9. The number of pyridine rings is 1. The molecule has 3 aliphatic rings. The molecule has 17 heteroatoms. The highest BCUT2D eigenvalue weighted by molar-refractivity contribution is 7.15. The van der Waals surface area contributed by atoms with Crippen LogP contribution >= 0.6 is 11.3 Å². The van der Waals surface area contributed by atoms with E-state index in [4.69, 9.17) is 15.5 Å². The number of nitrogen functional groups attached to an aromatic ring is 1. The predicted molar refractivity (Wildman–Crippen MR) is 222 cm³/mol. The molecule has 0 radical (unpaired) electrons. The minimum atomic E-state index is -0.692. The molecule has 0 aliphatic carbocycles. The van der Waals surface area contributed by atoms with Crippen LogP contribution in [0.25, 0.3) is 16.1 Å². The van der Waals surface area contributed by atoms with E-state index in [1.807, 2.05) is 32.0 Å². The van der Waals surface area contributed by atoms with Gasteiger partial charge in [0.05, 0.1) is 35.2 Å². The van der Waals surface area contributed by atoms with E-state index in [9.17, 15) is 18.8 Å². The molecular weight excluding hydrogens is 774 g/mol. The van der Waals surface area contributed by atoms with Crippen LogP contribution in [0, 0.1) is 18.7 Å². The fourth-order valence-corrected chi connectivity index (χ4v) is 9.13. The molecule has 59 heavy (non-hydrogen) atoms. The maximum atomic E-state index is 14.3. The molecule has 4 N–H and O–H groups in total. The van der Waals surface area contributed by atoms with Gasteiger partial charge in [0.1, 0.15) is 23.0 Å². The molecule has 5 aromatic rings. The molecule has 2 atom stereocenters. The van der Waals surface area contributed by atoms with Crippen LogP contribution in [0.2, 0.25) is 0 Å². The molecule has 15 nitrogen and oxygen atoms in total. The van der Waals surface area contributed by atoms with Gasteiger partial charge in [-0.3, -0.25) is 24.6 Å². The Labute approximate surface area is 345 Å². The Morgan fingerprint density at radius 1 is 1.00 bits per heavy atom. The third kappa shape index (κ3) is 9.42. The van der Waals surface area contributed by atoms with Crippen molar-refractivity contribution >= 4 is 40.6 Å². The molecule has 0 spiro atoms. The zero-order chi connectivity index (χ0) is 41.0. The van der Waals surface area contributed by atoms with Crippen LogP contribution in [0.5, 0.6) is 5.75 Å². The maximum absolute atomic E-state index is 14.3. The summed E-state index contributed by atoms with van der Waals surface area (Å²) in [4.78, 5) is 55.4. The molecule has 3 fully saturated rings. The Kier molecular flexibility index (Phi) is 11.9. The van der Waals surface area contributed by atoms with Gasteiger partial charge in [0.2, 0.25) is 11.8 Å².